The molecule has 0 aromatic rings. The van der Waals surface area contributed by atoms with Gasteiger partial charge in [-0.1, -0.05) is 36.7 Å². The van der Waals surface area contributed by atoms with Gasteiger partial charge >= 0.3 is 9.28 Å². The summed E-state index contributed by atoms with van der Waals surface area (Å²) in [6.45, 7) is 8.08. The van der Waals surface area contributed by atoms with Gasteiger partial charge < -0.3 is 8.85 Å². The quantitative estimate of drug-likeness (QED) is 0.498. The van der Waals surface area contributed by atoms with Crippen molar-refractivity contribution < 1.29 is 8.85 Å². The third kappa shape index (κ3) is 6.66. The molecule has 0 spiro atoms. The van der Waals surface area contributed by atoms with Crippen molar-refractivity contribution in [2.24, 2.45) is 0 Å². The Bertz CT molecular complexity index is 106. The zero-order chi connectivity index (χ0) is 10.1. The number of hydrogen-bond acceptors (Lipinski definition) is 2. The molecule has 0 aromatic heterocycles. The summed E-state index contributed by atoms with van der Waals surface area (Å²) in [4.78, 5) is 0. The fraction of sp³-hybridized carbons (Fsp3) is 1.00. The summed E-state index contributed by atoms with van der Waals surface area (Å²) in [6.07, 6.45) is 3.23. The molecule has 1 unspecified atom stereocenters. The van der Waals surface area contributed by atoms with Gasteiger partial charge in [0.15, 0.2) is 0 Å². The molecule has 4 heteroatoms. The lowest BCUT2D eigenvalue weighted by molar-refractivity contribution is 0.195. The molecule has 0 saturated carbocycles. The van der Waals surface area contributed by atoms with Crippen molar-refractivity contribution in [1.82, 2.24) is 0 Å². The second-order valence-corrected chi connectivity index (χ2v) is 7.39. The highest BCUT2D eigenvalue weighted by Crippen LogP contribution is 2.11. The molecule has 0 bridgehead atoms. The number of alkyl halides is 1. The monoisotopic (exact) mass is 268 g/mol. The fourth-order valence-electron chi connectivity index (χ4n) is 0.917. The molecule has 0 fully saturated rings. The predicted molar refractivity (Wildman–Crippen MR) is 62.6 cm³/mol. The largest absolute Gasteiger partial charge is 0.396 e. The van der Waals surface area contributed by atoms with Crippen LogP contribution in [-0.2, 0) is 8.85 Å². The molecule has 0 amide bonds. The molecule has 0 aromatic carbocycles. The summed E-state index contributed by atoms with van der Waals surface area (Å²) in [6, 6.07) is 0. The van der Waals surface area contributed by atoms with Gasteiger partial charge in [-0.15, -0.1) is 0 Å². The van der Waals surface area contributed by atoms with Crippen molar-refractivity contribution in [2.75, 3.05) is 13.2 Å². The van der Waals surface area contributed by atoms with Crippen LogP contribution >= 0.6 is 15.9 Å². The van der Waals surface area contributed by atoms with Crippen molar-refractivity contribution in [3.8, 4) is 0 Å². The van der Waals surface area contributed by atoms with Crippen molar-refractivity contribution >= 4 is 25.2 Å². The summed E-state index contributed by atoms with van der Waals surface area (Å²) < 4.78 is 11.9. The first-order chi connectivity index (χ1) is 6.26. The van der Waals surface area contributed by atoms with Gasteiger partial charge in [0.05, 0.1) is 4.45 Å². The Balaban J connectivity index is 3.72. The van der Waals surface area contributed by atoms with Crippen LogP contribution in [0, 0.1) is 0 Å². The predicted octanol–water partition coefficient (Wildman–Crippen LogP) is 2.77. The first-order valence-electron chi connectivity index (χ1n) is 5.13. The Labute approximate surface area is 92.0 Å². The third-order valence-corrected chi connectivity index (χ3v) is 5.79. The van der Waals surface area contributed by atoms with Crippen LogP contribution in [0.4, 0.5) is 0 Å². The molecule has 0 saturated heterocycles. The third-order valence-electron chi connectivity index (χ3n) is 1.66. The fourth-order valence-corrected chi connectivity index (χ4v) is 3.67. The molecular weight excluding hydrogens is 248 g/mol. The first kappa shape index (κ1) is 13.6. The van der Waals surface area contributed by atoms with Crippen molar-refractivity contribution in [3.63, 3.8) is 0 Å². The van der Waals surface area contributed by atoms with Crippen LogP contribution in [0.2, 0.25) is 0 Å². The zero-order valence-corrected chi connectivity index (χ0v) is 11.6. The van der Waals surface area contributed by atoms with E-state index in [-0.39, 0.29) is 0 Å². The van der Waals surface area contributed by atoms with E-state index in [2.05, 4.69) is 36.7 Å². The summed E-state index contributed by atoms with van der Waals surface area (Å²) in [7, 11) is -1.45. The van der Waals surface area contributed by atoms with Gasteiger partial charge in [-0.25, -0.2) is 0 Å². The molecule has 0 heterocycles. The van der Waals surface area contributed by atoms with Crippen molar-refractivity contribution in [3.05, 3.63) is 0 Å². The van der Waals surface area contributed by atoms with E-state index < -0.39 is 9.28 Å². The number of halogens is 1. The molecule has 0 aliphatic carbocycles. The summed E-state index contributed by atoms with van der Waals surface area (Å²) >= 11 is 3.62. The minimum atomic E-state index is -1.45. The van der Waals surface area contributed by atoms with Crippen LogP contribution in [0.1, 0.15) is 40.0 Å². The summed E-state index contributed by atoms with van der Waals surface area (Å²) in [5.74, 6) is 0. The number of hydrogen-bond donors (Lipinski definition) is 0. The highest BCUT2D eigenvalue weighted by Gasteiger charge is 2.21. The standard InChI is InChI=1S/C9H21BrO2Si/c1-4-7-11-13(9(10)6-3)12-8-5-2/h9,13H,4-8H2,1-3H3. The van der Waals surface area contributed by atoms with Crippen LogP contribution in [-0.4, -0.2) is 26.9 Å². The maximum absolute atomic E-state index is 5.72. The Hall–Kier alpha value is 0.617. The molecular formula is C9H21BrO2Si. The van der Waals surface area contributed by atoms with Crippen LogP contribution in [0.25, 0.3) is 0 Å². The van der Waals surface area contributed by atoms with E-state index in [0.29, 0.717) is 4.45 Å². The average Bonchev–Trinajstić information content (AvgIpc) is 2.17. The van der Waals surface area contributed by atoms with Crippen LogP contribution < -0.4 is 0 Å². The van der Waals surface area contributed by atoms with E-state index in [1.54, 1.807) is 0 Å². The molecule has 0 rings (SSSR count). The molecule has 13 heavy (non-hydrogen) atoms. The minimum Gasteiger partial charge on any atom is -0.396 e. The Morgan fingerprint density at radius 1 is 1.08 bits per heavy atom. The molecule has 0 radical (unpaired) electrons. The number of rotatable bonds is 8. The van der Waals surface area contributed by atoms with Gasteiger partial charge in [0.25, 0.3) is 0 Å². The van der Waals surface area contributed by atoms with Crippen LogP contribution in [0.3, 0.4) is 0 Å². The van der Waals surface area contributed by atoms with E-state index >= 15 is 0 Å². The summed E-state index contributed by atoms with van der Waals surface area (Å²) in [5.41, 5.74) is 0. The SMILES string of the molecule is CCCO[SiH](OCCC)C(Br)CC. The van der Waals surface area contributed by atoms with E-state index in [1.165, 1.54) is 0 Å². The van der Waals surface area contributed by atoms with Crippen LogP contribution in [0.15, 0.2) is 0 Å². The van der Waals surface area contributed by atoms with Gasteiger partial charge in [0, 0.05) is 13.2 Å². The first-order valence-corrected chi connectivity index (χ1v) is 7.66. The minimum absolute atomic E-state index is 0.450. The maximum atomic E-state index is 5.72. The zero-order valence-electron chi connectivity index (χ0n) is 8.88. The van der Waals surface area contributed by atoms with Gasteiger partial charge in [-0.05, 0) is 19.3 Å². The maximum Gasteiger partial charge on any atom is 0.335 e. The topological polar surface area (TPSA) is 18.5 Å². The molecule has 0 N–H and O–H groups in total. The van der Waals surface area contributed by atoms with Gasteiger partial charge in [-0.3, -0.25) is 0 Å². The lowest BCUT2D eigenvalue weighted by atomic mass is 10.5. The van der Waals surface area contributed by atoms with E-state index in [1.807, 2.05) is 0 Å². The van der Waals surface area contributed by atoms with Crippen molar-refractivity contribution in [2.45, 2.75) is 44.5 Å². The molecule has 2 nitrogen and oxygen atoms in total. The van der Waals surface area contributed by atoms with Crippen LogP contribution in [0.5, 0.6) is 0 Å². The van der Waals surface area contributed by atoms with Gasteiger partial charge in [-0.2, -0.15) is 0 Å². The second-order valence-electron chi connectivity index (χ2n) is 3.03. The Morgan fingerprint density at radius 3 is 1.85 bits per heavy atom. The second kappa shape index (κ2) is 9.18. The lowest BCUT2D eigenvalue weighted by Crippen LogP contribution is -2.33. The lowest BCUT2D eigenvalue weighted by Gasteiger charge is -2.19. The molecule has 80 valence electrons. The van der Waals surface area contributed by atoms with E-state index in [4.69, 9.17) is 8.85 Å². The Morgan fingerprint density at radius 2 is 1.54 bits per heavy atom. The summed E-state index contributed by atoms with van der Waals surface area (Å²) in [5, 5.41) is 0. The molecule has 0 aliphatic heterocycles. The van der Waals surface area contributed by atoms with Crippen molar-refractivity contribution in [1.29, 1.82) is 0 Å². The average molecular weight is 269 g/mol. The van der Waals surface area contributed by atoms with Gasteiger partial charge in [0.2, 0.25) is 0 Å². The normalized spacial score (nSPS) is 13.6. The smallest absolute Gasteiger partial charge is 0.335 e. The van der Waals surface area contributed by atoms with E-state index in [0.717, 1.165) is 32.5 Å². The highest BCUT2D eigenvalue weighted by molar-refractivity contribution is 9.10. The van der Waals surface area contributed by atoms with Gasteiger partial charge in [0.1, 0.15) is 0 Å². The Kier molecular flexibility index (Phi) is 9.62. The van der Waals surface area contributed by atoms with E-state index in [9.17, 15) is 0 Å². The molecule has 1 atom stereocenters. The molecule has 0 aliphatic rings. The highest BCUT2D eigenvalue weighted by atomic mass is 79.9.